The molecule has 1 aromatic carbocycles. The van der Waals surface area contributed by atoms with E-state index in [4.69, 9.17) is 9.47 Å². The lowest BCUT2D eigenvalue weighted by atomic mass is 10.0. The Morgan fingerprint density at radius 1 is 1.45 bits per heavy atom. The summed E-state index contributed by atoms with van der Waals surface area (Å²) < 4.78 is 10.7. The van der Waals surface area contributed by atoms with Crippen molar-refractivity contribution in [3.05, 3.63) is 23.8 Å². The van der Waals surface area contributed by atoms with E-state index in [0.717, 1.165) is 0 Å². The van der Waals surface area contributed by atoms with Gasteiger partial charge in [-0.25, -0.2) is 4.79 Å². The number of rotatable bonds is 4. The molecule has 0 saturated heterocycles. The maximum Gasteiger partial charge on any atom is 0.331 e. The van der Waals surface area contributed by atoms with Crippen LogP contribution in [-0.2, 0) is 9.53 Å². The quantitative estimate of drug-likeness (QED) is 0.861. The predicted molar refractivity (Wildman–Crippen MR) is 83.2 cm³/mol. The number of nitrogens with zero attached hydrogens (tertiary/aromatic N) is 1. The normalized spacial score (nSPS) is 14.7. The third kappa shape index (κ3) is 3.32. The van der Waals surface area contributed by atoms with Crippen LogP contribution in [0.4, 0.5) is 5.69 Å². The fourth-order valence-electron chi connectivity index (χ4n) is 2.22. The summed E-state index contributed by atoms with van der Waals surface area (Å²) in [7, 11) is 1.75. The van der Waals surface area contributed by atoms with Gasteiger partial charge in [-0.2, -0.15) is 0 Å². The summed E-state index contributed by atoms with van der Waals surface area (Å²) in [6.45, 7) is 6.59. The summed E-state index contributed by atoms with van der Waals surface area (Å²) in [6, 6.07) is 5.22. The molecule has 0 spiro atoms. The molecule has 6 heteroatoms. The summed E-state index contributed by atoms with van der Waals surface area (Å²) in [4.78, 5) is 25.7. The molecule has 1 N–H and O–H groups in total. The molecular weight excluding hydrogens is 284 g/mol. The van der Waals surface area contributed by atoms with Crippen LogP contribution in [0.1, 0.15) is 31.1 Å². The number of amides is 1. The molecule has 6 nitrogen and oxygen atoms in total. The maximum atomic E-state index is 12.2. The molecule has 2 rings (SSSR count). The van der Waals surface area contributed by atoms with Gasteiger partial charge in [0.25, 0.3) is 5.91 Å². The number of fused-ring (bicyclic) bond motifs is 1. The Labute approximate surface area is 130 Å². The molecule has 0 aromatic heterocycles. The van der Waals surface area contributed by atoms with Crippen molar-refractivity contribution in [2.24, 2.45) is 0 Å². The van der Waals surface area contributed by atoms with Crippen LogP contribution in [0.25, 0.3) is 0 Å². The Kier molecular flexibility index (Phi) is 4.59. The van der Waals surface area contributed by atoms with Gasteiger partial charge in [0.05, 0.1) is 18.7 Å². The van der Waals surface area contributed by atoms with Crippen molar-refractivity contribution >= 4 is 17.6 Å². The highest BCUT2D eigenvalue weighted by Gasteiger charge is 2.29. The van der Waals surface area contributed by atoms with Crippen LogP contribution in [0.3, 0.4) is 0 Å². The van der Waals surface area contributed by atoms with Gasteiger partial charge >= 0.3 is 5.97 Å². The summed E-state index contributed by atoms with van der Waals surface area (Å²) >= 11 is 0. The minimum atomic E-state index is -0.865. The minimum absolute atomic E-state index is 0.0660. The van der Waals surface area contributed by atoms with Crippen LogP contribution in [0.2, 0.25) is 0 Å². The topological polar surface area (TPSA) is 67.9 Å². The van der Waals surface area contributed by atoms with Gasteiger partial charge in [-0.05, 0) is 32.9 Å². The summed E-state index contributed by atoms with van der Waals surface area (Å²) in [6.07, 6.45) is 0. The SMILES string of the molecule is CCOC(=O)C(C)(C)Nc1ccc2c(c1)OCCN(C)C2=O. The monoisotopic (exact) mass is 306 g/mol. The molecule has 120 valence electrons. The average Bonchev–Trinajstić information content (AvgIpc) is 2.59. The highest BCUT2D eigenvalue weighted by Crippen LogP contribution is 2.28. The number of carbonyl (C=O) groups is 2. The van der Waals surface area contributed by atoms with Crippen LogP contribution in [0.5, 0.6) is 5.75 Å². The van der Waals surface area contributed by atoms with E-state index in [-0.39, 0.29) is 11.9 Å². The van der Waals surface area contributed by atoms with Crippen molar-refractivity contribution in [3.63, 3.8) is 0 Å². The molecule has 0 bridgehead atoms. The van der Waals surface area contributed by atoms with E-state index in [2.05, 4.69) is 5.32 Å². The molecule has 0 atom stereocenters. The second-order valence-electron chi connectivity index (χ2n) is 5.76. The van der Waals surface area contributed by atoms with Crippen molar-refractivity contribution in [1.29, 1.82) is 0 Å². The Morgan fingerprint density at radius 3 is 2.86 bits per heavy atom. The number of hydrogen-bond acceptors (Lipinski definition) is 5. The maximum absolute atomic E-state index is 12.2. The molecule has 1 aliphatic heterocycles. The molecule has 0 unspecified atom stereocenters. The number of hydrogen-bond donors (Lipinski definition) is 1. The minimum Gasteiger partial charge on any atom is -0.491 e. The van der Waals surface area contributed by atoms with Crippen molar-refractivity contribution in [2.45, 2.75) is 26.3 Å². The Morgan fingerprint density at radius 2 is 2.18 bits per heavy atom. The number of esters is 1. The van der Waals surface area contributed by atoms with Gasteiger partial charge in [0.2, 0.25) is 0 Å². The first kappa shape index (κ1) is 16.1. The lowest BCUT2D eigenvalue weighted by Crippen LogP contribution is -2.41. The van der Waals surface area contributed by atoms with Crippen LogP contribution in [0, 0.1) is 0 Å². The van der Waals surface area contributed by atoms with Crippen molar-refractivity contribution < 1.29 is 19.1 Å². The Bertz CT molecular complexity index is 584. The fourth-order valence-corrected chi connectivity index (χ4v) is 2.22. The molecule has 1 aromatic rings. The van der Waals surface area contributed by atoms with E-state index >= 15 is 0 Å². The largest absolute Gasteiger partial charge is 0.491 e. The predicted octanol–water partition coefficient (Wildman–Crippen LogP) is 1.90. The van der Waals surface area contributed by atoms with Crippen LogP contribution >= 0.6 is 0 Å². The number of likely N-dealkylation sites (N-methyl/N-ethyl adjacent to an activating group) is 1. The second kappa shape index (κ2) is 6.25. The molecule has 0 fully saturated rings. The summed E-state index contributed by atoms with van der Waals surface area (Å²) in [5.41, 5.74) is 0.365. The van der Waals surface area contributed by atoms with Crippen LogP contribution < -0.4 is 10.1 Å². The molecule has 1 aliphatic rings. The van der Waals surface area contributed by atoms with Crippen LogP contribution in [-0.4, -0.2) is 49.1 Å². The van der Waals surface area contributed by atoms with Gasteiger partial charge in [0.1, 0.15) is 17.9 Å². The number of benzene rings is 1. The molecule has 1 heterocycles. The van der Waals surface area contributed by atoms with E-state index in [1.54, 1.807) is 50.9 Å². The number of nitrogens with one attached hydrogen (secondary N) is 1. The second-order valence-corrected chi connectivity index (χ2v) is 5.76. The number of carbonyl (C=O) groups excluding carboxylic acids is 2. The van der Waals surface area contributed by atoms with Crippen molar-refractivity contribution in [1.82, 2.24) is 4.90 Å². The molecular formula is C16H22N2O4. The van der Waals surface area contributed by atoms with Gasteiger partial charge in [-0.15, -0.1) is 0 Å². The fraction of sp³-hybridized carbons (Fsp3) is 0.500. The van der Waals surface area contributed by atoms with E-state index < -0.39 is 5.54 Å². The lowest BCUT2D eigenvalue weighted by molar-refractivity contribution is -0.147. The van der Waals surface area contributed by atoms with E-state index in [1.165, 1.54) is 0 Å². The Hall–Kier alpha value is -2.24. The zero-order valence-electron chi connectivity index (χ0n) is 13.4. The zero-order chi connectivity index (χ0) is 16.3. The molecule has 0 radical (unpaired) electrons. The first-order valence-corrected chi connectivity index (χ1v) is 7.33. The molecule has 1 amide bonds. The zero-order valence-corrected chi connectivity index (χ0v) is 13.4. The number of ether oxygens (including phenoxy) is 2. The molecule has 0 aliphatic carbocycles. The first-order valence-electron chi connectivity index (χ1n) is 7.33. The number of anilines is 1. The summed E-state index contributed by atoms with van der Waals surface area (Å²) in [5, 5.41) is 3.12. The van der Waals surface area contributed by atoms with Crippen molar-refractivity contribution in [3.8, 4) is 5.75 Å². The van der Waals surface area contributed by atoms with E-state index in [1.807, 2.05) is 0 Å². The van der Waals surface area contributed by atoms with Gasteiger partial charge in [0.15, 0.2) is 0 Å². The standard InChI is InChI=1S/C16H22N2O4/c1-5-21-15(20)16(2,3)17-11-6-7-12-13(10-11)22-9-8-18(4)14(12)19/h6-7,10,17H,5,8-9H2,1-4H3. The highest BCUT2D eigenvalue weighted by molar-refractivity contribution is 5.97. The van der Waals surface area contributed by atoms with Gasteiger partial charge in [-0.3, -0.25) is 4.79 Å². The lowest BCUT2D eigenvalue weighted by Gasteiger charge is -2.25. The highest BCUT2D eigenvalue weighted by atomic mass is 16.5. The first-order chi connectivity index (χ1) is 10.3. The third-order valence-electron chi connectivity index (χ3n) is 3.49. The van der Waals surface area contributed by atoms with Gasteiger partial charge < -0.3 is 19.7 Å². The third-order valence-corrected chi connectivity index (χ3v) is 3.49. The smallest absolute Gasteiger partial charge is 0.331 e. The Balaban J connectivity index is 2.23. The van der Waals surface area contributed by atoms with E-state index in [9.17, 15) is 9.59 Å². The van der Waals surface area contributed by atoms with E-state index in [0.29, 0.717) is 36.8 Å². The molecule has 22 heavy (non-hydrogen) atoms. The van der Waals surface area contributed by atoms with Gasteiger partial charge in [0, 0.05) is 18.8 Å². The average molecular weight is 306 g/mol. The molecule has 0 saturated carbocycles. The van der Waals surface area contributed by atoms with Crippen LogP contribution in [0.15, 0.2) is 18.2 Å². The van der Waals surface area contributed by atoms with Crippen molar-refractivity contribution in [2.75, 3.05) is 32.1 Å². The summed E-state index contributed by atoms with van der Waals surface area (Å²) in [5.74, 6) is 0.129. The van der Waals surface area contributed by atoms with Gasteiger partial charge in [-0.1, -0.05) is 0 Å².